The zero-order valence-electron chi connectivity index (χ0n) is 15.1. The van der Waals surface area contributed by atoms with Crippen LogP contribution in [0.25, 0.3) is 10.9 Å². The van der Waals surface area contributed by atoms with Gasteiger partial charge in [0.25, 0.3) is 6.47 Å². The van der Waals surface area contributed by atoms with E-state index in [1.165, 1.54) is 5.39 Å². The maximum absolute atomic E-state index is 9.60. The monoisotopic (exact) mass is 330 g/mol. The summed E-state index contributed by atoms with van der Waals surface area (Å²) in [6.07, 6.45) is 0. The first-order chi connectivity index (χ1) is 10.5. The highest BCUT2D eigenvalue weighted by atomic mass is 28.3. The highest BCUT2D eigenvalue weighted by Crippen LogP contribution is 2.16. The fraction of sp³-hybridized carbons (Fsp3) is 0.444. The summed E-state index contributed by atoms with van der Waals surface area (Å²) in [5.74, 6) is 3.26. The lowest BCUT2D eigenvalue weighted by Crippen LogP contribution is -2.17. The van der Waals surface area contributed by atoms with Crippen molar-refractivity contribution in [1.29, 1.82) is 0 Å². The third kappa shape index (κ3) is 7.16. The van der Waals surface area contributed by atoms with Crippen LogP contribution < -0.4 is 0 Å². The lowest BCUT2D eigenvalue weighted by molar-refractivity contribution is -0.138. The van der Waals surface area contributed by atoms with Crippen LogP contribution in [0, 0.1) is 18.4 Å². The zero-order valence-corrected chi connectivity index (χ0v) is 16.1. The molecule has 0 bridgehead atoms. The standard InChI is InChI=1S/C13H16N2Si.C5H10O2/c1-10-12-9-11(7-8-16(2,3)4)5-6-13(12)15-14-10;1-5(2,3)7-4-6/h5-6,9H,1-4H3,(H,14,15);4H,1-3H3. The Bertz CT molecular complexity index is 725. The molecule has 0 saturated carbocycles. The largest absolute Gasteiger partial charge is 0.462 e. The van der Waals surface area contributed by atoms with Crippen molar-refractivity contribution in [2.24, 2.45) is 0 Å². The number of ether oxygens (including phenoxy) is 1. The summed E-state index contributed by atoms with van der Waals surface area (Å²) in [6.45, 7) is 14.7. The van der Waals surface area contributed by atoms with Crippen LogP contribution in [0.4, 0.5) is 0 Å². The average Bonchev–Trinajstić information content (AvgIpc) is 2.76. The molecule has 0 atom stereocenters. The van der Waals surface area contributed by atoms with Gasteiger partial charge in [-0.1, -0.05) is 25.6 Å². The minimum Gasteiger partial charge on any atom is -0.462 e. The van der Waals surface area contributed by atoms with Gasteiger partial charge in [-0.3, -0.25) is 9.89 Å². The fourth-order valence-corrected chi connectivity index (χ4v) is 2.14. The van der Waals surface area contributed by atoms with Crippen LogP contribution in [0.15, 0.2) is 18.2 Å². The molecule has 1 heterocycles. The van der Waals surface area contributed by atoms with E-state index in [0.717, 1.165) is 16.8 Å². The molecule has 0 saturated heterocycles. The SMILES string of the molecule is CC(C)(C)OC=O.Cc1[nH]nc2ccc(C#C[Si](C)(C)C)cc12. The molecule has 0 unspecified atom stereocenters. The average molecular weight is 331 g/mol. The molecule has 0 radical (unpaired) electrons. The molecule has 0 aliphatic carbocycles. The smallest absolute Gasteiger partial charge is 0.293 e. The molecule has 0 spiro atoms. The third-order valence-corrected chi connectivity index (χ3v) is 3.60. The summed E-state index contributed by atoms with van der Waals surface area (Å²) in [5, 5.41) is 8.36. The topological polar surface area (TPSA) is 55.0 Å². The van der Waals surface area contributed by atoms with Crippen LogP contribution >= 0.6 is 0 Å². The van der Waals surface area contributed by atoms with E-state index in [2.05, 4.69) is 52.1 Å². The van der Waals surface area contributed by atoms with Crippen molar-refractivity contribution in [1.82, 2.24) is 10.2 Å². The molecular weight excluding hydrogens is 304 g/mol. The molecule has 2 aromatic rings. The minimum absolute atomic E-state index is 0.318. The van der Waals surface area contributed by atoms with Crippen LogP contribution in [0.5, 0.6) is 0 Å². The molecular formula is C18H26N2O2Si. The van der Waals surface area contributed by atoms with E-state index in [9.17, 15) is 4.79 Å². The Morgan fingerprint density at radius 1 is 1.26 bits per heavy atom. The summed E-state index contributed by atoms with van der Waals surface area (Å²) < 4.78 is 4.55. The predicted octanol–water partition coefficient (Wildman–Crippen LogP) is 4.06. The van der Waals surface area contributed by atoms with Crippen LogP contribution in [0.1, 0.15) is 32.0 Å². The summed E-state index contributed by atoms with van der Waals surface area (Å²) >= 11 is 0. The quantitative estimate of drug-likeness (QED) is 0.487. The predicted molar refractivity (Wildman–Crippen MR) is 98.0 cm³/mol. The van der Waals surface area contributed by atoms with E-state index in [0.29, 0.717) is 6.47 Å². The number of benzene rings is 1. The van der Waals surface area contributed by atoms with Gasteiger partial charge < -0.3 is 4.74 Å². The number of aromatic amines is 1. The molecule has 0 aliphatic heterocycles. The Morgan fingerprint density at radius 3 is 2.39 bits per heavy atom. The Kier molecular flexibility index (Phi) is 6.17. The van der Waals surface area contributed by atoms with Crippen molar-refractivity contribution < 1.29 is 9.53 Å². The van der Waals surface area contributed by atoms with Crippen LogP contribution in [-0.4, -0.2) is 30.3 Å². The van der Waals surface area contributed by atoms with E-state index >= 15 is 0 Å². The molecule has 124 valence electrons. The molecule has 0 amide bonds. The fourth-order valence-electron chi connectivity index (χ4n) is 1.62. The van der Waals surface area contributed by atoms with Crippen molar-refractivity contribution in [2.45, 2.75) is 52.9 Å². The lowest BCUT2D eigenvalue weighted by Gasteiger charge is -2.14. The second-order valence-corrected chi connectivity index (χ2v) is 12.2. The number of carbonyl (C=O) groups excluding carboxylic acids is 1. The Hall–Kier alpha value is -2.06. The van der Waals surface area contributed by atoms with Crippen LogP contribution in [0.2, 0.25) is 19.6 Å². The first kappa shape index (κ1) is 19.0. The number of H-pyrrole nitrogens is 1. The molecule has 5 heteroatoms. The molecule has 23 heavy (non-hydrogen) atoms. The molecule has 1 aromatic heterocycles. The van der Waals surface area contributed by atoms with Gasteiger partial charge in [-0.15, -0.1) is 5.54 Å². The van der Waals surface area contributed by atoms with E-state index in [1.54, 1.807) is 0 Å². The number of nitrogens with one attached hydrogen (secondary N) is 1. The normalized spacial score (nSPS) is 11.1. The van der Waals surface area contributed by atoms with Crippen molar-refractivity contribution in [2.75, 3.05) is 0 Å². The molecule has 1 aromatic carbocycles. The van der Waals surface area contributed by atoms with Crippen molar-refractivity contribution in [3.05, 3.63) is 29.5 Å². The zero-order chi connectivity index (χ0) is 17.7. The maximum atomic E-state index is 9.60. The van der Waals surface area contributed by atoms with Gasteiger partial charge in [-0.25, -0.2) is 0 Å². The van der Waals surface area contributed by atoms with Gasteiger partial charge in [0.1, 0.15) is 13.7 Å². The molecule has 1 N–H and O–H groups in total. The minimum atomic E-state index is -1.29. The highest BCUT2D eigenvalue weighted by molar-refractivity contribution is 6.83. The number of carbonyl (C=O) groups is 1. The molecule has 0 fully saturated rings. The van der Waals surface area contributed by atoms with Crippen molar-refractivity contribution in [3.8, 4) is 11.5 Å². The van der Waals surface area contributed by atoms with Gasteiger partial charge in [0.05, 0.1) is 5.52 Å². The van der Waals surface area contributed by atoms with Crippen molar-refractivity contribution in [3.63, 3.8) is 0 Å². The van der Waals surface area contributed by atoms with Gasteiger partial charge in [0, 0.05) is 16.6 Å². The van der Waals surface area contributed by atoms with Crippen LogP contribution in [0.3, 0.4) is 0 Å². The van der Waals surface area contributed by atoms with Gasteiger partial charge in [0.2, 0.25) is 0 Å². The summed E-state index contributed by atoms with van der Waals surface area (Å²) in [5.41, 5.74) is 6.25. The van der Waals surface area contributed by atoms with E-state index < -0.39 is 8.07 Å². The molecule has 2 rings (SSSR count). The molecule has 4 nitrogen and oxygen atoms in total. The maximum Gasteiger partial charge on any atom is 0.293 e. The Labute approximate surface area is 139 Å². The first-order valence-corrected chi connectivity index (χ1v) is 11.1. The second kappa shape index (κ2) is 7.47. The summed E-state index contributed by atoms with van der Waals surface area (Å²) in [6, 6.07) is 6.17. The van der Waals surface area contributed by atoms with E-state index in [4.69, 9.17) is 0 Å². The van der Waals surface area contributed by atoms with Gasteiger partial charge >= 0.3 is 0 Å². The van der Waals surface area contributed by atoms with E-state index in [-0.39, 0.29) is 5.60 Å². The number of aromatic nitrogens is 2. The third-order valence-electron chi connectivity index (χ3n) is 2.73. The van der Waals surface area contributed by atoms with Gasteiger partial charge in [0.15, 0.2) is 0 Å². The van der Waals surface area contributed by atoms with Gasteiger partial charge in [-0.2, -0.15) is 5.10 Å². The lowest BCUT2D eigenvalue weighted by atomic mass is 10.1. The second-order valence-electron chi connectivity index (χ2n) is 7.41. The van der Waals surface area contributed by atoms with Gasteiger partial charge in [-0.05, 0) is 45.9 Å². The van der Waals surface area contributed by atoms with Crippen molar-refractivity contribution >= 4 is 25.4 Å². The first-order valence-electron chi connectivity index (χ1n) is 7.61. The van der Waals surface area contributed by atoms with E-state index in [1.807, 2.05) is 39.8 Å². The summed E-state index contributed by atoms with van der Waals surface area (Å²) in [7, 11) is -1.29. The van der Waals surface area contributed by atoms with Crippen LogP contribution in [-0.2, 0) is 9.53 Å². The number of hydrogen-bond acceptors (Lipinski definition) is 3. The number of rotatable bonds is 1. The number of nitrogens with zero attached hydrogens (tertiary/aromatic N) is 1. The highest BCUT2D eigenvalue weighted by Gasteiger charge is 2.08. The molecule has 0 aliphatic rings. The number of hydrogen-bond donors (Lipinski definition) is 1. The number of aryl methyl sites for hydroxylation is 1. The Balaban J connectivity index is 0.000000322. The number of fused-ring (bicyclic) bond motifs is 1. The summed E-state index contributed by atoms with van der Waals surface area (Å²) in [4.78, 5) is 9.60. The Morgan fingerprint density at radius 2 is 1.91 bits per heavy atom.